The number of hydrogen-bond acceptors (Lipinski definition) is 2. The van der Waals surface area contributed by atoms with Crippen molar-refractivity contribution in [1.82, 2.24) is 0 Å². The summed E-state index contributed by atoms with van der Waals surface area (Å²) in [7, 11) is 0. The molecule has 0 radical (unpaired) electrons. The van der Waals surface area contributed by atoms with Crippen LogP contribution in [-0.2, 0) is 16.0 Å². The van der Waals surface area contributed by atoms with Crippen LogP contribution in [-0.4, -0.2) is 27.5 Å². The zero-order valence-corrected chi connectivity index (χ0v) is 13.7. The maximum atomic E-state index is 12.5. The van der Waals surface area contributed by atoms with Crippen molar-refractivity contribution in [3.8, 4) is 0 Å². The van der Waals surface area contributed by atoms with Gasteiger partial charge in [0.15, 0.2) is 0 Å². The van der Waals surface area contributed by atoms with E-state index >= 15 is 0 Å². The Labute approximate surface area is 131 Å². The molecule has 1 fully saturated rings. The van der Waals surface area contributed by atoms with Crippen molar-refractivity contribution in [2.75, 3.05) is 6.61 Å². The summed E-state index contributed by atoms with van der Waals surface area (Å²) < 4.78 is 6.28. The fourth-order valence-electron chi connectivity index (χ4n) is 2.68. The molecule has 3 heteroatoms. The number of hydrogen-bond donors (Lipinski definition) is 0. The van der Waals surface area contributed by atoms with Crippen molar-refractivity contribution in [1.29, 1.82) is 0 Å². The Kier molecular flexibility index (Phi) is 4.14. The third kappa shape index (κ3) is 2.90. The van der Waals surface area contributed by atoms with E-state index in [4.69, 9.17) is 4.74 Å². The van der Waals surface area contributed by atoms with Gasteiger partial charge in [-0.25, -0.2) is 0 Å². The van der Waals surface area contributed by atoms with Crippen LogP contribution in [0.2, 0.25) is 4.31 Å². The van der Waals surface area contributed by atoms with Gasteiger partial charge in [-0.05, 0) is 0 Å². The van der Waals surface area contributed by atoms with Gasteiger partial charge >= 0.3 is 131 Å². The van der Waals surface area contributed by atoms with Crippen molar-refractivity contribution in [3.05, 3.63) is 66.2 Å². The van der Waals surface area contributed by atoms with Crippen LogP contribution < -0.4 is 4.46 Å². The van der Waals surface area contributed by atoms with Gasteiger partial charge in [-0.1, -0.05) is 0 Å². The minimum atomic E-state index is -0.379. The summed E-state index contributed by atoms with van der Waals surface area (Å²) in [5.74, 6) is 0.230. The summed E-state index contributed by atoms with van der Waals surface area (Å²) in [5.41, 5.74) is 1.21. The third-order valence-electron chi connectivity index (χ3n) is 3.96. The van der Waals surface area contributed by atoms with Crippen LogP contribution in [0.4, 0.5) is 0 Å². The van der Waals surface area contributed by atoms with Gasteiger partial charge in [0.2, 0.25) is 0 Å². The van der Waals surface area contributed by atoms with Crippen molar-refractivity contribution < 1.29 is 9.53 Å². The van der Waals surface area contributed by atoms with Crippen molar-refractivity contribution in [2.45, 2.75) is 17.7 Å². The number of carbonyl (C=O) groups is 1. The molecule has 0 saturated carbocycles. The zero-order chi connectivity index (χ0) is 14.7. The van der Waals surface area contributed by atoms with E-state index in [0.717, 1.165) is 6.42 Å². The number of benzene rings is 2. The van der Waals surface area contributed by atoms with Crippen LogP contribution in [0.15, 0.2) is 60.7 Å². The summed E-state index contributed by atoms with van der Waals surface area (Å²) in [5, 5.41) is 0. The molecule has 21 heavy (non-hydrogen) atoms. The first-order valence-electron chi connectivity index (χ1n) is 7.16. The predicted molar refractivity (Wildman–Crippen MR) is 84.8 cm³/mol. The van der Waals surface area contributed by atoms with E-state index in [1.807, 2.05) is 36.4 Å². The van der Waals surface area contributed by atoms with E-state index in [2.05, 4.69) is 31.2 Å². The van der Waals surface area contributed by atoms with Gasteiger partial charge in [0, 0.05) is 0 Å². The molecule has 2 aromatic carbocycles. The normalized spacial score (nSPS) is 24.8. The molecule has 1 heterocycles. The van der Waals surface area contributed by atoms with Gasteiger partial charge in [0.25, 0.3) is 0 Å². The molecule has 2 atom stereocenters. The van der Waals surface area contributed by atoms with Gasteiger partial charge in [-0.15, -0.1) is 0 Å². The van der Waals surface area contributed by atoms with Gasteiger partial charge in [-0.3, -0.25) is 0 Å². The fraction of sp³-hybridized carbons (Fsp3) is 0.278. The quantitative estimate of drug-likeness (QED) is 0.629. The van der Waals surface area contributed by atoms with Crippen LogP contribution in [0.5, 0.6) is 0 Å². The van der Waals surface area contributed by atoms with E-state index in [1.54, 1.807) is 0 Å². The second kappa shape index (κ2) is 6.05. The molecular formula is C18H18O2Se. The monoisotopic (exact) mass is 346 g/mol. The van der Waals surface area contributed by atoms with E-state index in [1.165, 1.54) is 10.0 Å². The predicted octanol–water partition coefficient (Wildman–Crippen LogP) is 2.61. The second-order valence-electron chi connectivity index (χ2n) is 5.47. The summed E-state index contributed by atoms with van der Waals surface area (Å²) in [6, 6.07) is 20.6. The van der Waals surface area contributed by atoms with Gasteiger partial charge in [0.1, 0.15) is 0 Å². The van der Waals surface area contributed by atoms with E-state index in [9.17, 15) is 4.79 Å². The molecule has 0 aromatic heterocycles. The Hall–Kier alpha value is -1.57. The van der Waals surface area contributed by atoms with E-state index < -0.39 is 0 Å². The van der Waals surface area contributed by atoms with Crippen LogP contribution in [0.3, 0.4) is 0 Å². The summed E-state index contributed by atoms with van der Waals surface area (Å²) in [6.45, 7) is 2.68. The first-order chi connectivity index (χ1) is 10.2. The topological polar surface area (TPSA) is 26.3 Å². The number of rotatable bonds is 4. The molecule has 1 saturated heterocycles. The average Bonchev–Trinajstić information content (AvgIpc) is 2.78. The van der Waals surface area contributed by atoms with Gasteiger partial charge < -0.3 is 0 Å². The zero-order valence-electron chi connectivity index (χ0n) is 12.0. The van der Waals surface area contributed by atoms with Gasteiger partial charge in [0.05, 0.1) is 0 Å². The molecule has 2 nitrogen and oxygen atoms in total. The molecule has 1 aliphatic rings. The molecule has 0 spiro atoms. The Morgan fingerprint density at radius 1 is 1.10 bits per heavy atom. The second-order valence-corrected chi connectivity index (χ2v) is 8.41. The number of cyclic esters (lactones) is 1. The molecular weight excluding hydrogens is 327 g/mol. The standard InChI is InChI=1S/C18H18O2Se/c1-14-13-20-17(19)18(14,12-15-8-4-2-5-9-15)21-16-10-6-3-7-11-16/h2-11,14H,12-13H2,1H3/t14-,18+/m0/s1. The van der Waals surface area contributed by atoms with Crippen LogP contribution >= 0.6 is 0 Å². The summed E-state index contributed by atoms with van der Waals surface area (Å²) in [6.07, 6.45) is 0.767. The fourth-order valence-corrected chi connectivity index (χ4v) is 5.54. The molecule has 108 valence electrons. The SMILES string of the molecule is C[C@H]1COC(=O)[C@]1(Cc1ccccc1)[Se]c1ccccc1. The van der Waals surface area contributed by atoms with Crippen LogP contribution in [0.25, 0.3) is 0 Å². The first-order valence-corrected chi connectivity index (χ1v) is 8.87. The Bertz CT molecular complexity index is 568. The molecule has 3 rings (SSSR count). The maximum absolute atomic E-state index is 12.5. The van der Waals surface area contributed by atoms with Crippen molar-refractivity contribution in [3.63, 3.8) is 0 Å². The Morgan fingerprint density at radius 2 is 1.71 bits per heavy atom. The number of ether oxygens (including phenoxy) is 1. The van der Waals surface area contributed by atoms with Crippen molar-refractivity contribution >= 4 is 25.4 Å². The summed E-state index contributed by atoms with van der Waals surface area (Å²) >= 11 is 0.0666. The molecule has 0 N–H and O–H groups in total. The minimum absolute atomic E-state index is 0.0253. The molecule has 0 bridgehead atoms. The Morgan fingerprint density at radius 3 is 2.29 bits per heavy atom. The molecule has 2 aromatic rings. The molecule has 0 amide bonds. The van der Waals surface area contributed by atoms with E-state index in [0.29, 0.717) is 6.61 Å². The molecule has 1 aliphatic heterocycles. The Balaban J connectivity index is 1.94. The van der Waals surface area contributed by atoms with Gasteiger partial charge in [-0.2, -0.15) is 0 Å². The van der Waals surface area contributed by atoms with Crippen molar-refractivity contribution in [2.24, 2.45) is 5.92 Å². The molecule has 0 unspecified atom stereocenters. The summed E-state index contributed by atoms with van der Waals surface area (Å²) in [4.78, 5) is 12.5. The molecule has 0 aliphatic carbocycles. The van der Waals surface area contributed by atoms with E-state index in [-0.39, 0.29) is 31.2 Å². The van der Waals surface area contributed by atoms with Crippen LogP contribution in [0, 0.1) is 5.92 Å². The average molecular weight is 345 g/mol. The van der Waals surface area contributed by atoms with Crippen LogP contribution in [0.1, 0.15) is 12.5 Å². The number of carbonyl (C=O) groups excluding carboxylic acids is 1. The number of esters is 1. The third-order valence-corrected chi connectivity index (χ3v) is 7.29. The first kappa shape index (κ1) is 14.4.